The molecule has 1 aliphatic rings. The van der Waals surface area contributed by atoms with E-state index in [0.717, 1.165) is 0 Å². The van der Waals surface area contributed by atoms with Gasteiger partial charge in [-0.15, -0.1) is 0 Å². The van der Waals surface area contributed by atoms with Gasteiger partial charge in [0, 0.05) is 19.1 Å². The number of unbranched alkanes of at least 4 members (excludes halogenated alkanes) is 1. The predicted molar refractivity (Wildman–Crippen MR) is 60.8 cm³/mol. The molecule has 0 aliphatic heterocycles. The normalized spacial score (nSPS) is 24.9. The first-order chi connectivity index (χ1) is 8.45. The van der Waals surface area contributed by atoms with E-state index >= 15 is 0 Å². The minimum Gasteiger partial charge on any atom is -0.396 e. The molecule has 2 atom stereocenters. The summed E-state index contributed by atoms with van der Waals surface area (Å²) < 4.78 is 37.7. The summed E-state index contributed by atoms with van der Waals surface area (Å²) in [4.78, 5) is 11.7. The number of hydrogen-bond donors (Lipinski definition) is 2. The zero-order valence-electron chi connectivity index (χ0n) is 10.3. The molecular weight excluding hydrogens is 247 g/mol. The average Bonchev–Trinajstić information content (AvgIpc) is 2.33. The van der Waals surface area contributed by atoms with Crippen molar-refractivity contribution in [2.45, 2.75) is 44.7 Å². The summed E-state index contributed by atoms with van der Waals surface area (Å²) in [6.07, 6.45) is -1.89. The number of hydrogen-bond acceptors (Lipinski definition) is 2. The standard InChI is InChI=1S/C12H20F3NO2/c13-12(14,15)10-5-3-4-9(8-10)11(18)16-6-1-2-7-17/h9-10,17H,1-8H2,(H,16,18). The molecule has 0 saturated heterocycles. The molecule has 0 radical (unpaired) electrons. The minimum atomic E-state index is -4.18. The molecule has 1 saturated carbocycles. The Bertz CT molecular complexity index is 269. The van der Waals surface area contributed by atoms with Gasteiger partial charge in [-0.05, 0) is 32.1 Å². The zero-order valence-corrected chi connectivity index (χ0v) is 10.3. The molecule has 0 aromatic rings. The van der Waals surface area contributed by atoms with E-state index in [-0.39, 0.29) is 25.4 Å². The van der Waals surface area contributed by atoms with Gasteiger partial charge in [0.25, 0.3) is 0 Å². The number of amides is 1. The van der Waals surface area contributed by atoms with Crippen molar-refractivity contribution in [1.82, 2.24) is 5.32 Å². The number of rotatable bonds is 5. The van der Waals surface area contributed by atoms with Crippen LogP contribution in [0.4, 0.5) is 13.2 Å². The first kappa shape index (κ1) is 15.3. The SMILES string of the molecule is O=C(NCCCCO)C1CCCC(C(F)(F)F)C1. The Morgan fingerprint density at radius 1 is 1.28 bits per heavy atom. The lowest BCUT2D eigenvalue weighted by Crippen LogP contribution is -2.37. The Labute approximate surface area is 105 Å². The fourth-order valence-electron chi connectivity index (χ4n) is 2.32. The monoisotopic (exact) mass is 267 g/mol. The van der Waals surface area contributed by atoms with Crippen LogP contribution in [0.5, 0.6) is 0 Å². The van der Waals surface area contributed by atoms with Crippen molar-refractivity contribution in [3.05, 3.63) is 0 Å². The van der Waals surface area contributed by atoms with Crippen LogP contribution in [0.2, 0.25) is 0 Å². The Morgan fingerprint density at radius 2 is 2.00 bits per heavy atom. The third kappa shape index (κ3) is 4.84. The molecule has 1 fully saturated rings. The van der Waals surface area contributed by atoms with Crippen LogP contribution in [0, 0.1) is 11.8 Å². The minimum absolute atomic E-state index is 0.0649. The lowest BCUT2D eigenvalue weighted by molar-refractivity contribution is -0.186. The predicted octanol–water partition coefficient (Wildman–Crippen LogP) is 2.24. The summed E-state index contributed by atoms with van der Waals surface area (Å²) in [5, 5.41) is 11.2. The molecule has 0 bridgehead atoms. The van der Waals surface area contributed by atoms with Crippen molar-refractivity contribution < 1.29 is 23.1 Å². The largest absolute Gasteiger partial charge is 0.396 e. The zero-order chi connectivity index (χ0) is 13.6. The van der Waals surface area contributed by atoms with Crippen molar-refractivity contribution >= 4 is 5.91 Å². The highest BCUT2D eigenvalue weighted by atomic mass is 19.4. The summed E-state index contributed by atoms with van der Waals surface area (Å²) >= 11 is 0. The molecule has 106 valence electrons. The van der Waals surface area contributed by atoms with E-state index in [1.807, 2.05) is 0 Å². The number of aliphatic hydroxyl groups excluding tert-OH is 1. The van der Waals surface area contributed by atoms with Gasteiger partial charge in [0.2, 0.25) is 5.91 Å². The number of alkyl halides is 3. The van der Waals surface area contributed by atoms with Crippen molar-refractivity contribution in [3.63, 3.8) is 0 Å². The van der Waals surface area contributed by atoms with Crippen molar-refractivity contribution in [2.24, 2.45) is 11.8 Å². The van der Waals surface area contributed by atoms with Gasteiger partial charge >= 0.3 is 6.18 Å². The molecule has 0 aromatic heterocycles. The van der Waals surface area contributed by atoms with Gasteiger partial charge < -0.3 is 10.4 Å². The molecule has 2 unspecified atom stereocenters. The highest BCUT2D eigenvalue weighted by molar-refractivity contribution is 5.78. The molecule has 1 amide bonds. The quantitative estimate of drug-likeness (QED) is 0.751. The number of nitrogens with one attached hydrogen (secondary N) is 1. The van der Waals surface area contributed by atoms with Gasteiger partial charge in [-0.2, -0.15) is 13.2 Å². The van der Waals surface area contributed by atoms with E-state index in [2.05, 4.69) is 5.32 Å². The Balaban J connectivity index is 2.34. The molecule has 18 heavy (non-hydrogen) atoms. The highest BCUT2D eigenvalue weighted by Gasteiger charge is 2.43. The van der Waals surface area contributed by atoms with E-state index in [1.54, 1.807) is 0 Å². The highest BCUT2D eigenvalue weighted by Crippen LogP contribution is 2.39. The van der Waals surface area contributed by atoms with E-state index in [1.165, 1.54) is 0 Å². The Morgan fingerprint density at radius 3 is 2.61 bits per heavy atom. The third-order valence-electron chi connectivity index (χ3n) is 3.39. The van der Waals surface area contributed by atoms with E-state index in [4.69, 9.17) is 5.11 Å². The van der Waals surface area contributed by atoms with Crippen LogP contribution in [0.25, 0.3) is 0 Å². The average molecular weight is 267 g/mol. The van der Waals surface area contributed by atoms with Crippen LogP contribution in [-0.4, -0.2) is 30.3 Å². The lowest BCUT2D eigenvalue weighted by atomic mass is 9.80. The molecule has 2 N–H and O–H groups in total. The first-order valence-corrected chi connectivity index (χ1v) is 6.40. The second-order valence-electron chi connectivity index (χ2n) is 4.82. The fraction of sp³-hybridized carbons (Fsp3) is 0.917. The van der Waals surface area contributed by atoms with Crippen LogP contribution in [0.3, 0.4) is 0 Å². The maximum Gasteiger partial charge on any atom is 0.391 e. The summed E-state index contributed by atoms with van der Waals surface area (Å²) in [6, 6.07) is 0. The van der Waals surface area contributed by atoms with E-state index in [9.17, 15) is 18.0 Å². The second-order valence-corrected chi connectivity index (χ2v) is 4.82. The van der Waals surface area contributed by atoms with Gasteiger partial charge in [0.1, 0.15) is 0 Å². The summed E-state index contributed by atoms with van der Waals surface area (Å²) in [5.74, 6) is -2.12. The summed E-state index contributed by atoms with van der Waals surface area (Å²) in [5.41, 5.74) is 0. The molecule has 0 spiro atoms. The van der Waals surface area contributed by atoms with Gasteiger partial charge in [-0.25, -0.2) is 0 Å². The van der Waals surface area contributed by atoms with Crippen LogP contribution >= 0.6 is 0 Å². The topological polar surface area (TPSA) is 49.3 Å². The number of carbonyl (C=O) groups is 1. The van der Waals surface area contributed by atoms with Gasteiger partial charge in [0.05, 0.1) is 5.92 Å². The van der Waals surface area contributed by atoms with Gasteiger partial charge in [0.15, 0.2) is 0 Å². The fourth-order valence-corrected chi connectivity index (χ4v) is 2.32. The lowest BCUT2D eigenvalue weighted by Gasteiger charge is -2.29. The smallest absolute Gasteiger partial charge is 0.391 e. The third-order valence-corrected chi connectivity index (χ3v) is 3.39. The van der Waals surface area contributed by atoms with Crippen LogP contribution in [0.15, 0.2) is 0 Å². The van der Waals surface area contributed by atoms with Crippen LogP contribution < -0.4 is 5.32 Å². The Kier molecular flexibility index (Phi) is 5.91. The molecule has 3 nitrogen and oxygen atoms in total. The van der Waals surface area contributed by atoms with E-state index < -0.39 is 18.0 Å². The van der Waals surface area contributed by atoms with Crippen molar-refractivity contribution in [3.8, 4) is 0 Å². The molecule has 6 heteroatoms. The maximum atomic E-state index is 12.6. The van der Waals surface area contributed by atoms with E-state index in [0.29, 0.717) is 32.2 Å². The van der Waals surface area contributed by atoms with Crippen LogP contribution in [-0.2, 0) is 4.79 Å². The molecular formula is C12H20F3NO2. The number of carbonyl (C=O) groups excluding carboxylic acids is 1. The van der Waals surface area contributed by atoms with Crippen molar-refractivity contribution in [2.75, 3.05) is 13.2 Å². The molecule has 1 aliphatic carbocycles. The molecule has 0 heterocycles. The second kappa shape index (κ2) is 6.97. The summed E-state index contributed by atoms with van der Waals surface area (Å²) in [6.45, 7) is 0.488. The summed E-state index contributed by atoms with van der Waals surface area (Å²) in [7, 11) is 0. The molecule has 0 aromatic carbocycles. The first-order valence-electron chi connectivity index (χ1n) is 6.40. The number of aliphatic hydroxyl groups is 1. The molecule has 1 rings (SSSR count). The van der Waals surface area contributed by atoms with Gasteiger partial charge in [-0.1, -0.05) is 6.42 Å². The number of halogens is 3. The maximum absolute atomic E-state index is 12.6. The van der Waals surface area contributed by atoms with Crippen molar-refractivity contribution in [1.29, 1.82) is 0 Å². The van der Waals surface area contributed by atoms with Crippen LogP contribution in [0.1, 0.15) is 38.5 Å². The van der Waals surface area contributed by atoms with Gasteiger partial charge in [-0.3, -0.25) is 4.79 Å². The Hall–Kier alpha value is -0.780.